The van der Waals surface area contributed by atoms with Gasteiger partial charge < -0.3 is 15.1 Å². The van der Waals surface area contributed by atoms with E-state index in [9.17, 15) is 4.79 Å². The molecule has 1 fully saturated rings. The van der Waals surface area contributed by atoms with Gasteiger partial charge in [0.15, 0.2) is 0 Å². The predicted octanol–water partition coefficient (Wildman–Crippen LogP) is 2.03. The van der Waals surface area contributed by atoms with Crippen LogP contribution in [0.25, 0.3) is 0 Å². The summed E-state index contributed by atoms with van der Waals surface area (Å²) in [6, 6.07) is 7.70. The van der Waals surface area contributed by atoms with Gasteiger partial charge in [0.1, 0.15) is 0 Å². The largest absolute Gasteiger partial charge is 0.356 e. The smallest absolute Gasteiger partial charge is 0.220 e. The molecule has 1 heterocycles. The van der Waals surface area contributed by atoms with Crippen molar-refractivity contribution in [2.24, 2.45) is 0 Å². The summed E-state index contributed by atoms with van der Waals surface area (Å²) in [5.41, 5.74) is 1.04. The number of nitrogens with zero attached hydrogens (tertiary/aromatic N) is 2. The van der Waals surface area contributed by atoms with Gasteiger partial charge in [-0.25, -0.2) is 0 Å². The summed E-state index contributed by atoms with van der Waals surface area (Å²) < 4.78 is 0. The Morgan fingerprint density at radius 2 is 1.95 bits per heavy atom. The summed E-state index contributed by atoms with van der Waals surface area (Å²) in [5.74, 6) is 0.110. The van der Waals surface area contributed by atoms with Gasteiger partial charge in [-0.15, -0.1) is 0 Å². The van der Waals surface area contributed by atoms with Crippen molar-refractivity contribution in [3.63, 3.8) is 0 Å². The van der Waals surface area contributed by atoms with Gasteiger partial charge in [0.25, 0.3) is 0 Å². The Balaban J connectivity index is 1.55. The number of hydrogen-bond acceptors (Lipinski definition) is 3. The normalized spacial score (nSPS) is 16.6. The molecule has 0 atom stereocenters. The van der Waals surface area contributed by atoms with E-state index in [1.165, 1.54) is 0 Å². The number of aryl methyl sites for hydroxylation is 1. The van der Waals surface area contributed by atoms with Crippen LogP contribution < -0.4 is 5.32 Å². The molecule has 22 heavy (non-hydrogen) atoms. The number of amides is 1. The van der Waals surface area contributed by atoms with Crippen LogP contribution in [-0.2, 0) is 11.2 Å². The minimum Gasteiger partial charge on any atom is -0.356 e. The lowest BCUT2D eigenvalue weighted by atomic mass is 10.1. The van der Waals surface area contributed by atoms with E-state index >= 15 is 0 Å². The van der Waals surface area contributed by atoms with Crippen LogP contribution in [0, 0.1) is 0 Å². The van der Waals surface area contributed by atoms with Gasteiger partial charge in [-0.2, -0.15) is 0 Å². The van der Waals surface area contributed by atoms with E-state index < -0.39 is 0 Å². The highest BCUT2D eigenvalue weighted by Gasteiger charge is 2.12. The van der Waals surface area contributed by atoms with Crippen molar-refractivity contribution in [1.82, 2.24) is 15.1 Å². The van der Waals surface area contributed by atoms with E-state index in [0.29, 0.717) is 12.8 Å². The molecule has 1 aromatic rings. The predicted molar refractivity (Wildman–Crippen MR) is 91.3 cm³/mol. The van der Waals surface area contributed by atoms with Gasteiger partial charge in [0.2, 0.25) is 5.91 Å². The van der Waals surface area contributed by atoms with Crippen molar-refractivity contribution in [3.8, 4) is 0 Å². The number of carbonyl (C=O) groups is 1. The third-order valence-electron chi connectivity index (χ3n) is 4.15. The fraction of sp³-hybridized carbons (Fsp3) is 0.588. The molecule has 0 radical (unpaired) electrons. The highest BCUT2D eigenvalue weighted by molar-refractivity contribution is 6.31. The molecule has 0 saturated carbocycles. The topological polar surface area (TPSA) is 35.6 Å². The number of rotatable bonds is 7. The van der Waals surface area contributed by atoms with Gasteiger partial charge in [-0.05, 0) is 38.1 Å². The van der Waals surface area contributed by atoms with Gasteiger partial charge in [-0.3, -0.25) is 4.79 Å². The second-order valence-electron chi connectivity index (χ2n) is 5.94. The van der Waals surface area contributed by atoms with Crippen LogP contribution in [0.2, 0.25) is 5.02 Å². The van der Waals surface area contributed by atoms with Crippen LogP contribution in [-0.4, -0.2) is 62.0 Å². The molecule has 0 spiro atoms. The number of carbonyl (C=O) groups excluding carboxylic acids is 1. The molecule has 0 aliphatic carbocycles. The Bertz CT molecular complexity index is 473. The summed E-state index contributed by atoms with van der Waals surface area (Å²) in [7, 11) is 2.16. The maximum atomic E-state index is 11.8. The fourth-order valence-corrected chi connectivity index (χ4v) is 2.87. The van der Waals surface area contributed by atoms with Crippen molar-refractivity contribution in [3.05, 3.63) is 34.9 Å². The minimum absolute atomic E-state index is 0.110. The van der Waals surface area contributed by atoms with Crippen molar-refractivity contribution in [2.75, 3.05) is 46.3 Å². The lowest BCUT2D eigenvalue weighted by Gasteiger charge is -2.32. The summed E-state index contributed by atoms with van der Waals surface area (Å²) in [6.07, 6.45) is 2.21. The summed E-state index contributed by atoms with van der Waals surface area (Å²) >= 11 is 6.09. The molecule has 1 aromatic carbocycles. The summed E-state index contributed by atoms with van der Waals surface area (Å²) in [6.45, 7) is 6.38. The molecule has 4 nitrogen and oxygen atoms in total. The van der Waals surface area contributed by atoms with E-state index in [1.54, 1.807) is 0 Å². The highest BCUT2D eigenvalue weighted by Crippen LogP contribution is 2.16. The van der Waals surface area contributed by atoms with E-state index in [-0.39, 0.29) is 5.91 Å². The molecule has 0 aromatic heterocycles. The van der Waals surface area contributed by atoms with Crippen molar-refractivity contribution < 1.29 is 4.79 Å². The maximum absolute atomic E-state index is 11.8. The standard InChI is InChI=1S/C17H26ClN3O/c1-20-11-13-21(14-12-20)10-4-9-19-17(22)8-7-15-5-2-3-6-16(15)18/h2-3,5-6H,4,7-14H2,1H3,(H,19,22). The van der Waals surface area contributed by atoms with Crippen LogP contribution in [0.15, 0.2) is 24.3 Å². The SMILES string of the molecule is CN1CCN(CCCNC(=O)CCc2ccccc2Cl)CC1. The third kappa shape index (κ3) is 5.95. The quantitative estimate of drug-likeness (QED) is 0.780. The van der Waals surface area contributed by atoms with Crippen LogP contribution in [0.5, 0.6) is 0 Å². The number of piperazine rings is 1. The maximum Gasteiger partial charge on any atom is 0.220 e. The minimum atomic E-state index is 0.110. The average Bonchev–Trinajstić information content (AvgIpc) is 2.52. The van der Waals surface area contributed by atoms with Crippen molar-refractivity contribution in [1.29, 1.82) is 0 Å². The van der Waals surface area contributed by atoms with E-state index in [0.717, 1.165) is 56.3 Å². The first-order chi connectivity index (χ1) is 10.6. The van der Waals surface area contributed by atoms with Crippen LogP contribution in [0.4, 0.5) is 0 Å². The zero-order valence-corrected chi connectivity index (χ0v) is 14.1. The lowest BCUT2D eigenvalue weighted by molar-refractivity contribution is -0.121. The first-order valence-electron chi connectivity index (χ1n) is 8.06. The lowest BCUT2D eigenvalue weighted by Crippen LogP contribution is -2.45. The van der Waals surface area contributed by atoms with Gasteiger partial charge in [-0.1, -0.05) is 29.8 Å². The average molecular weight is 324 g/mol. The zero-order valence-electron chi connectivity index (χ0n) is 13.4. The third-order valence-corrected chi connectivity index (χ3v) is 4.52. The summed E-state index contributed by atoms with van der Waals surface area (Å²) in [4.78, 5) is 16.7. The van der Waals surface area contributed by atoms with Gasteiger partial charge in [0.05, 0.1) is 0 Å². The second kappa shape index (κ2) is 9.13. The van der Waals surface area contributed by atoms with Gasteiger partial charge in [0, 0.05) is 44.2 Å². The van der Waals surface area contributed by atoms with E-state index in [4.69, 9.17) is 11.6 Å². The molecule has 1 amide bonds. The second-order valence-corrected chi connectivity index (χ2v) is 6.35. The van der Waals surface area contributed by atoms with Crippen LogP contribution in [0.1, 0.15) is 18.4 Å². The first-order valence-corrected chi connectivity index (χ1v) is 8.44. The number of likely N-dealkylation sites (N-methyl/N-ethyl adjacent to an activating group) is 1. The molecule has 2 rings (SSSR count). The van der Waals surface area contributed by atoms with E-state index in [2.05, 4.69) is 22.2 Å². The summed E-state index contributed by atoms with van der Waals surface area (Å²) in [5, 5.41) is 3.74. The molecule has 1 N–H and O–H groups in total. The number of benzene rings is 1. The Hall–Kier alpha value is -1.10. The van der Waals surface area contributed by atoms with Gasteiger partial charge >= 0.3 is 0 Å². The molecule has 1 aliphatic rings. The molecule has 0 unspecified atom stereocenters. The van der Waals surface area contributed by atoms with Crippen LogP contribution >= 0.6 is 11.6 Å². The van der Waals surface area contributed by atoms with Crippen molar-refractivity contribution >= 4 is 17.5 Å². The number of nitrogens with one attached hydrogen (secondary N) is 1. The Labute approximate surface area is 138 Å². The molecule has 5 heteroatoms. The number of halogens is 1. The van der Waals surface area contributed by atoms with Crippen molar-refractivity contribution in [2.45, 2.75) is 19.3 Å². The molecular formula is C17H26ClN3O. The number of hydrogen-bond donors (Lipinski definition) is 1. The fourth-order valence-electron chi connectivity index (χ4n) is 2.64. The molecule has 122 valence electrons. The Morgan fingerprint density at radius 1 is 1.23 bits per heavy atom. The van der Waals surface area contributed by atoms with E-state index in [1.807, 2.05) is 24.3 Å². The Morgan fingerprint density at radius 3 is 2.68 bits per heavy atom. The highest BCUT2D eigenvalue weighted by atomic mass is 35.5. The molecule has 1 saturated heterocycles. The zero-order chi connectivity index (χ0) is 15.8. The van der Waals surface area contributed by atoms with Crippen LogP contribution in [0.3, 0.4) is 0 Å². The first kappa shape index (κ1) is 17.3. The molecule has 1 aliphatic heterocycles. The monoisotopic (exact) mass is 323 g/mol. The Kier molecular flexibility index (Phi) is 7.16. The molecular weight excluding hydrogens is 298 g/mol. The molecule has 0 bridgehead atoms.